The highest BCUT2D eigenvalue weighted by atomic mass is 16.4. The lowest BCUT2D eigenvalue weighted by atomic mass is 10.2. The van der Waals surface area contributed by atoms with Gasteiger partial charge in [0, 0.05) is 12.5 Å². The van der Waals surface area contributed by atoms with Crippen LogP contribution in [0, 0.1) is 6.92 Å². The number of nitrogens with one attached hydrogen (secondary N) is 1. The number of carbonyl (C=O) groups is 1. The third-order valence-electron chi connectivity index (χ3n) is 2.69. The van der Waals surface area contributed by atoms with Gasteiger partial charge in [-0.2, -0.15) is 0 Å². The Kier molecular flexibility index (Phi) is 3.37. The first-order chi connectivity index (χ1) is 10.2. The van der Waals surface area contributed by atoms with Crippen molar-refractivity contribution in [2.45, 2.75) is 13.5 Å². The SMILES string of the molecule is Cc1nnc(CNC(=O)c2cccc(-n3cnnn3)c2)o1. The predicted molar refractivity (Wildman–Crippen MR) is 69.4 cm³/mol. The first-order valence-corrected chi connectivity index (χ1v) is 6.13. The fraction of sp³-hybridized carbons (Fsp3) is 0.167. The van der Waals surface area contributed by atoms with Gasteiger partial charge < -0.3 is 9.73 Å². The lowest BCUT2D eigenvalue weighted by Gasteiger charge is -2.04. The number of hydrogen-bond acceptors (Lipinski definition) is 7. The van der Waals surface area contributed by atoms with Crippen LogP contribution in [0.2, 0.25) is 0 Å². The van der Waals surface area contributed by atoms with E-state index in [-0.39, 0.29) is 12.5 Å². The smallest absolute Gasteiger partial charge is 0.251 e. The van der Waals surface area contributed by atoms with Crippen LogP contribution in [0.1, 0.15) is 22.1 Å². The van der Waals surface area contributed by atoms with Gasteiger partial charge in [-0.3, -0.25) is 4.79 Å². The van der Waals surface area contributed by atoms with Gasteiger partial charge in [0.15, 0.2) is 0 Å². The molecule has 0 aliphatic rings. The lowest BCUT2D eigenvalue weighted by molar-refractivity contribution is 0.0947. The van der Waals surface area contributed by atoms with Crippen LogP contribution in [0.3, 0.4) is 0 Å². The largest absolute Gasteiger partial charge is 0.424 e. The van der Waals surface area contributed by atoms with Crippen LogP contribution in [-0.2, 0) is 6.54 Å². The monoisotopic (exact) mass is 285 g/mol. The van der Waals surface area contributed by atoms with Gasteiger partial charge in [-0.15, -0.1) is 15.3 Å². The number of tetrazole rings is 1. The molecule has 0 aliphatic heterocycles. The van der Waals surface area contributed by atoms with Gasteiger partial charge in [-0.25, -0.2) is 4.68 Å². The van der Waals surface area contributed by atoms with E-state index in [2.05, 4.69) is 31.0 Å². The molecule has 0 fully saturated rings. The molecule has 3 rings (SSSR count). The summed E-state index contributed by atoms with van der Waals surface area (Å²) in [5.41, 5.74) is 1.18. The van der Waals surface area contributed by atoms with Gasteiger partial charge in [0.1, 0.15) is 6.33 Å². The van der Waals surface area contributed by atoms with E-state index in [0.717, 1.165) is 0 Å². The maximum Gasteiger partial charge on any atom is 0.251 e. The molecule has 0 spiro atoms. The second-order valence-corrected chi connectivity index (χ2v) is 4.20. The summed E-state index contributed by atoms with van der Waals surface area (Å²) in [5, 5.41) is 21.1. The van der Waals surface area contributed by atoms with Crippen molar-refractivity contribution in [2.75, 3.05) is 0 Å². The van der Waals surface area contributed by atoms with Crippen LogP contribution in [0.4, 0.5) is 0 Å². The van der Waals surface area contributed by atoms with Crippen molar-refractivity contribution in [3.63, 3.8) is 0 Å². The number of benzene rings is 1. The van der Waals surface area contributed by atoms with E-state index in [4.69, 9.17) is 4.42 Å². The molecule has 0 atom stereocenters. The summed E-state index contributed by atoms with van der Waals surface area (Å²) in [6, 6.07) is 6.93. The summed E-state index contributed by atoms with van der Waals surface area (Å²) in [6.07, 6.45) is 1.46. The zero-order chi connectivity index (χ0) is 14.7. The van der Waals surface area contributed by atoms with Gasteiger partial charge in [0.2, 0.25) is 11.8 Å². The molecular formula is C12H11N7O2. The van der Waals surface area contributed by atoms with Gasteiger partial charge >= 0.3 is 0 Å². The van der Waals surface area contributed by atoms with Crippen LogP contribution in [0.5, 0.6) is 0 Å². The standard InChI is InChI=1S/C12H11N7O2/c1-8-15-16-11(21-8)6-13-12(20)9-3-2-4-10(5-9)19-7-14-17-18-19/h2-5,7H,6H2,1H3,(H,13,20). The average Bonchev–Trinajstić information content (AvgIpc) is 3.16. The van der Waals surface area contributed by atoms with E-state index in [1.165, 1.54) is 11.0 Å². The normalized spacial score (nSPS) is 10.5. The van der Waals surface area contributed by atoms with Crippen LogP contribution in [0.25, 0.3) is 5.69 Å². The van der Waals surface area contributed by atoms with Crippen molar-refractivity contribution < 1.29 is 9.21 Å². The first-order valence-electron chi connectivity index (χ1n) is 6.13. The molecule has 0 bridgehead atoms. The molecule has 0 saturated heterocycles. The Morgan fingerprint density at radius 3 is 3.00 bits per heavy atom. The molecule has 2 aromatic heterocycles. The summed E-state index contributed by atoms with van der Waals surface area (Å²) in [6.45, 7) is 1.86. The molecule has 0 radical (unpaired) electrons. The van der Waals surface area contributed by atoms with Crippen molar-refractivity contribution in [3.05, 3.63) is 47.9 Å². The van der Waals surface area contributed by atoms with E-state index in [1.54, 1.807) is 31.2 Å². The van der Waals surface area contributed by atoms with Crippen LogP contribution < -0.4 is 5.32 Å². The Balaban J connectivity index is 1.71. The minimum absolute atomic E-state index is 0.175. The van der Waals surface area contributed by atoms with Crippen LogP contribution in [0.15, 0.2) is 35.0 Å². The van der Waals surface area contributed by atoms with Crippen molar-refractivity contribution in [1.82, 2.24) is 35.7 Å². The second kappa shape index (κ2) is 5.49. The minimum atomic E-state index is -0.249. The fourth-order valence-corrected chi connectivity index (χ4v) is 1.74. The number of hydrogen-bond donors (Lipinski definition) is 1. The quantitative estimate of drug-likeness (QED) is 0.732. The van der Waals surface area contributed by atoms with Crippen LogP contribution >= 0.6 is 0 Å². The molecule has 2 heterocycles. The Labute approximate surface area is 119 Å². The van der Waals surface area contributed by atoms with Gasteiger partial charge in [0.05, 0.1) is 12.2 Å². The molecule has 106 valence electrons. The highest BCUT2D eigenvalue weighted by Gasteiger charge is 2.09. The zero-order valence-corrected chi connectivity index (χ0v) is 11.1. The molecular weight excluding hydrogens is 274 g/mol. The molecule has 0 aliphatic carbocycles. The van der Waals surface area contributed by atoms with Crippen molar-refractivity contribution in [1.29, 1.82) is 0 Å². The second-order valence-electron chi connectivity index (χ2n) is 4.20. The summed E-state index contributed by atoms with van der Waals surface area (Å²) in [4.78, 5) is 12.1. The number of nitrogens with zero attached hydrogens (tertiary/aromatic N) is 6. The third-order valence-corrected chi connectivity index (χ3v) is 2.69. The molecule has 1 aromatic carbocycles. The minimum Gasteiger partial charge on any atom is -0.424 e. The number of aromatic nitrogens is 6. The van der Waals surface area contributed by atoms with Gasteiger partial charge in [0.25, 0.3) is 5.91 Å². The lowest BCUT2D eigenvalue weighted by Crippen LogP contribution is -2.23. The molecule has 1 amide bonds. The molecule has 9 nitrogen and oxygen atoms in total. The summed E-state index contributed by atoms with van der Waals surface area (Å²) >= 11 is 0. The van der Waals surface area contributed by atoms with Gasteiger partial charge in [-0.1, -0.05) is 6.07 Å². The Morgan fingerprint density at radius 2 is 2.29 bits per heavy atom. The predicted octanol–water partition coefficient (Wildman–Crippen LogP) is 0.284. The zero-order valence-electron chi connectivity index (χ0n) is 11.1. The van der Waals surface area contributed by atoms with E-state index in [1.807, 2.05) is 0 Å². The summed E-state index contributed by atoms with van der Waals surface area (Å²) < 4.78 is 6.66. The van der Waals surface area contributed by atoms with E-state index < -0.39 is 0 Å². The summed E-state index contributed by atoms with van der Waals surface area (Å²) in [5.74, 6) is 0.568. The average molecular weight is 285 g/mol. The van der Waals surface area contributed by atoms with E-state index >= 15 is 0 Å². The molecule has 0 saturated carbocycles. The van der Waals surface area contributed by atoms with E-state index in [9.17, 15) is 4.79 Å². The topological polar surface area (TPSA) is 112 Å². The van der Waals surface area contributed by atoms with Crippen molar-refractivity contribution >= 4 is 5.91 Å². The Bertz CT molecular complexity index is 751. The highest BCUT2D eigenvalue weighted by molar-refractivity contribution is 5.94. The fourth-order valence-electron chi connectivity index (χ4n) is 1.74. The first kappa shape index (κ1) is 12.9. The molecule has 9 heteroatoms. The molecule has 21 heavy (non-hydrogen) atoms. The third kappa shape index (κ3) is 2.91. The summed E-state index contributed by atoms with van der Waals surface area (Å²) in [7, 11) is 0. The number of rotatable bonds is 4. The number of amides is 1. The number of aryl methyl sites for hydroxylation is 1. The molecule has 0 unspecified atom stereocenters. The highest BCUT2D eigenvalue weighted by Crippen LogP contribution is 2.09. The molecule has 3 aromatic rings. The Morgan fingerprint density at radius 1 is 1.38 bits per heavy atom. The maximum absolute atomic E-state index is 12.1. The van der Waals surface area contributed by atoms with Gasteiger partial charge in [-0.05, 0) is 28.6 Å². The van der Waals surface area contributed by atoms with Crippen molar-refractivity contribution in [2.24, 2.45) is 0 Å². The van der Waals surface area contributed by atoms with E-state index in [0.29, 0.717) is 23.0 Å². The van der Waals surface area contributed by atoms with Crippen molar-refractivity contribution in [3.8, 4) is 5.69 Å². The molecule has 1 N–H and O–H groups in total. The Hall–Kier alpha value is -3.10. The maximum atomic E-state index is 12.1. The number of carbonyl (C=O) groups excluding carboxylic acids is 1. The van der Waals surface area contributed by atoms with Crippen LogP contribution in [-0.4, -0.2) is 36.3 Å².